The molecule has 0 saturated heterocycles. The van der Waals surface area contributed by atoms with Crippen LogP contribution in [0.2, 0.25) is 0 Å². The first-order valence-electron chi connectivity index (χ1n) is 7.94. The van der Waals surface area contributed by atoms with Crippen molar-refractivity contribution in [2.75, 3.05) is 0 Å². The van der Waals surface area contributed by atoms with Gasteiger partial charge >= 0.3 is 12.1 Å². The van der Waals surface area contributed by atoms with Gasteiger partial charge in [0.2, 0.25) is 5.89 Å². The number of fused-ring (bicyclic) bond motifs is 3. The van der Waals surface area contributed by atoms with Gasteiger partial charge in [0.25, 0.3) is 0 Å². The summed E-state index contributed by atoms with van der Waals surface area (Å²) >= 11 is 0. The molecule has 0 radical (unpaired) electrons. The van der Waals surface area contributed by atoms with E-state index in [1.54, 1.807) is 0 Å². The van der Waals surface area contributed by atoms with E-state index >= 15 is 0 Å². The Bertz CT molecular complexity index is 949. The number of ether oxygens (including phenoxy) is 1. The summed E-state index contributed by atoms with van der Waals surface area (Å²) < 4.78 is 10.6. The highest BCUT2D eigenvalue weighted by molar-refractivity contribution is 5.84. The maximum Gasteiger partial charge on any atom is 0.408 e. The molecular weight excluding hydrogens is 336 g/mol. The molecule has 0 unspecified atom stereocenters. The van der Waals surface area contributed by atoms with Gasteiger partial charge in [-0.1, -0.05) is 48.5 Å². The highest BCUT2D eigenvalue weighted by Crippen LogP contribution is 2.44. The number of nitrogens with zero attached hydrogens (tertiary/aromatic N) is 1. The summed E-state index contributed by atoms with van der Waals surface area (Å²) in [4.78, 5) is 26.7. The minimum atomic E-state index is -1.19. The molecule has 0 spiro atoms. The third-order valence-corrected chi connectivity index (χ3v) is 4.16. The van der Waals surface area contributed by atoms with Gasteiger partial charge in [0.15, 0.2) is 11.8 Å². The molecule has 1 aliphatic rings. The van der Waals surface area contributed by atoms with Gasteiger partial charge in [-0.3, -0.25) is 0 Å². The van der Waals surface area contributed by atoms with Crippen molar-refractivity contribution in [3.05, 3.63) is 77.5 Å². The van der Waals surface area contributed by atoms with Crippen molar-refractivity contribution in [1.82, 2.24) is 10.3 Å². The molecule has 0 bridgehead atoms. The lowest BCUT2D eigenvalue weighted by atomic mass is 10.1. The summed E-state index contributed by atoms with van der Waals surface area (Å²) in [5.41, 5.74) is 3.72. The predicted molar refractivity (Wildman–Crippen MR) is 90.5 cm³/mol. The van der Waals surface area contributed by atoms with E-state index in [0.717, 1.165) is 28.5 Å². The van der Waals surface area contributed by atoms with E-state index in [9.17, 15) is 9.59 Å². The zero-order chi connectivity index (χ0) is 18.1. The highest BCUT2D eigenvalue weighted by atomic mass is 16.6. The number of aromatic carboxylic acids is 1. The Morgan fingerprint density at radius 3 is 2.27 bits per heavy atom. The Hall–Kier alpha value is -3.61. The molecule has 7 nitrogen and oxygen atoms in total. The molecule has 0 fully saturated rings. The quantitative estimate of drug-likeness (QED) is 0.748. The number of carboxylic acid groups (broad SMARTS) is 1. The van der Waals surface area contributed by atoms with Crippen molar-refractivity contribution < 1.29 is 23.8 Å². The second-order valence-electron chi connectivity index (χ2n) is 5.75. The first-order chi connectivity index (χ1) is 12.6. The van der Waals surface area contributed by atoms with Crippen molar-refractivity contribution in [3.8, 4) is 11.1 Å². The van der Waals surface area contributed by atoms with Gasteiger partial charge in [-0.2, -0.15) is 0 Å². The van der Waals surface area contributed by atoms with Crippen molar-refractivity contribution in [1.29, 1.82) is 0 Å². The van der Waals surface area contributed by atoms with Crippen LogP contribution in [0.25, 0.3) is 11.1 Å². The van der Waals surface area contributed by atoms with Crippen LogP contribution in [0.3, 0.4) is 0 Å². The summed E-state index contributed by atoms with van der Waals surface area (Å²) in [5, 5.41) is 11.3. The number of rotatable bonds is 4. The summed E-state index contributed by atoms with van der Waals surface area (Å²) in [6.07, 6.45) is -0.119. The smallest absolute Gasteiger partial charge is 0.408 e. The molecule has 1 aromatic heterocycles. The van der Waals surface area contributed by atoms with Crippen molar-refractivity contribution in [2.45, 2.75) is 12.6 Å². The number of hydrogen-bond donors (Lipinski definition) is 2. The first kappa shape index (κ1) is 15.9. The van der Waals surface area contributed by atoms with Crippen LogP contribution in [0.1, 0.15) is 33.6 Å². The third kappa shape index (κ3) is 2.79. The molecular formula is C19H14N2O5. The normalized spacial score (nSPS) is 12.3. The lowest BCUT2D eigenvalue weighted by molar-refractivity contribution is 0.0690. The van der Waals surface area contributed by atoms with Crippen LogP contribution >= 0.6 is 0 Å². The molecule has 1 aliphatic carbocycles. The Balaban J connectivity index is 1.48. The largest absolute Gasteiger partial charge is 0.476 e. The van der Waals surface area contributed by atoms with Crippen molar-refractivity contribution >= 4 is 12.1 Å². The highest BCUT2D eigenvalue weighted by Gasteiger charge is 2.31. The minimum Gasteiger partial charge on any atom is -0.476 e. The number of alkyl carbamates (subject to hydrolysis) is 1. The van der Waals surface area contributed by atoms with Gasteiger partial charge in [-0.15, -0.1) is 0 Å². The fourth-order valence-corrected chi connectivity index (χ4v) is 3.02. The van der Waals surface area contributed by atoms with Gasteiger partial charge in [0.1, 0.15) is 6.26 Å². The topological polar surface area (TPSA) is 102 Å². The lowest BCUT2D eigenvalue weighted by Gasteiger charge is -2.15. The fourth-order valence-electron chi connectivity index (χ4n) is 3.02. The summed E-state index contributed by atoms with van der Waals surface area (Å²) in [7, 11) is 0. The number of aromatic nitrogens is 1. The molecule has 1 heterocycles. The number of oxazole rings is 1. The zero-order valence-corrected chi connectivity index (χ0v) is 13.5. The van der Waals surface area contributed by atoms with Gasteiger partial charge in [0, 0.05) is 11.1 Å². The van der Waals surface area contributed by atoms with E-state index in [2.05, 4.69) is 10.3 Å². The van der Waals surface area contributed by atoms with Gasteiger partial charge in [0.05, 0.1) is 6.54 Å². The number of carboxylic acids is 1. The lowest BCUT2D eigenvalue weighted by Crippen LogP contribution is -2.25. The third-order valence-electron chi connectivity index (χ3n) is 4.16. The second kappa shape index (κ2) is 6.36. The molecule has 2 N–H and O–H groups in total. The van der Waals surface area contributed by atoms with E-state index in [0.29, 0.717) is 0 Å². The number of carbonyl (C=O) groups is 2. The van der Waals surface area contributed by atoms with Crippen molar-refractivity contribution in [2.24, 2.45) is 0 Å². The molecule has 130 valence electrons. The Morgan fingerprint density at radius 1 is 1.08 bits per heavy atom. The van der Waals surface area contributed by atoms with Crippen molar-refractivity contribution in [3.63, 3.8) is 0 Å². The monoisotopic (exact) mass is 350 g/mol. The molecule has 1 amide bonds. The number of nitrogens with one attached hydrogen (secondary N) is 1. The van der Waals surface area contributed by atoms with Crippen LogP contribution in [-0.4, -0.2) is 22.2 Å². The molecule has 7 heteroatoms. The number of benzene rings is 2. The van der Waals surface area contributed by atoms with Crippen LogP contribution in [0.4, 0.5) is 4.79 Å². The minimum absolute atomic E-state index is 0.0673. The first-order valence-corrected chi connectivity index (χ1v) is 7.94. The molecule has 0 saturated carbocycles. The molecule has 4 rings (SSSR count). The molecule has 2 aromatic carbocycles. The van der Waals surface area contributed by atoms with Crippen LogP contribution in [0.5, 0.6) is 0 Å². The molecule has 3 aromatic rings. The van der Waals surface area contributed by atoms with Gasteiger partial charge in [-0.05, 0) is 11.1 Å². The second-order valence-corrected chi connectivity index (χ2v) is 5.75. The van der Waals surface area contributed by atoms with E-state index in [-0.39, 0.29) is 18.1 Å². The molecule has 0 aliphatic heterocycles. The number of amides is 1. The Morgan fingerprint density at radius 2 is 1.69 bits per heavy atom. The van der Waals surface area contributed by atoms with Gasteiger partial charge in [-0.25, -0.2) is 14.6 Å². The Labute approximate surface area is 148 Å². The molecule has 0 atom stereocenters. The number of hydrogen-bond acceptors (Lipinski definition) is 5. The SMILES string of the molecule is O=C(NCc1nc(C(=O)O)co1)OC1c2ccccc2-c2ccccc21. The van der Waals surface area contributed by atoms with Crippen LogP contribution in [0.15, 0.2) is 59.2 Å². The standard InChI is InChI=1S/C19H14N2O5/c22-18(23)15-10-25-16(21-15)9-20-19(24)26-17-13-7-3-1-5-11(13)12-6-2-4-8-14(12)17/h1-8,10,17H,9H2,(H,20,24)(H,22,23). The van der Waals surface area contributed by atoms with Crippen LogP contribution in [-0.2, 0) is 11.3 Å². The fraction of sp³-hybridized carbons (Fsp3) is 0.105. The zero-order valence-electron chi connectivity index (χ0n) is 13.5. The summed E-state index contributed by atoms with van der Waals surface area (Å²) in [6.45, 7) is -0.0673. The summed E-state index contributed by atoms with van der Waals surface area (Å²) in [5.74, 6) is -1.10. The van der Waals surface area contributed by atoms with E-state index in [4.69, 9.17) is 14.3 Å². The Kier molecular flexibility index (Phi) is 3.89. The van der Waals surface area contributed by atoms with E-state index in [1.807, 2.05) is 48.5 Å². The average Bonchev–Trinajstić information content (AvgIpc) is 3.25. The van der Waals surface area contributed by atoms with E-state index in [1.165, 1.54) is 0 Å². The number of carbonyl (C=O) groups excluding carboxylic acids is 1. The van der Waals surface area contributed by atoms with Gasteiger partial charge < -0.3 is 19.6 Å². The van der Waals surface area contributed by atoms with Crippen LogP contribution < -0.4 is 5.32 Å². The van der Waals surface area contributed by atoms with Crippen LogP contribution in [0, 0.1) is 0 Å². The maximum atomic E-state index is 12.2. The predicted octanol–water partition coefficient (Wildman–Crippen LogP) is 3.37. The maximum absolute atomic E-state index is 12.2. The van der Waals surface area contributed by atoms with E-state index < -0.39 is 18.2 Å². The molecule has 26 heavy (non-hydrogen) atoms. The summed E-state index contributed by atoms with van der Waals surface area (Å²) in [6, 6.07) is 15.5. The average molecular weight is 350 g/mol.